The summed E-state index contributed by atoms with van der Waals surface area (Å²) in [4.78, 5) is 4.13. The van der Waals surface area contributed by atoms with Gasteiger partial charge in [-0.2, -0.15) is 4.98 Å². The molecule has 0 unspecified atom stereocenters. The number of nitrogens with two attached hydrogens (primary N) is 1. The van der Waals surface area contributed by atoms with Gasteiger partial charge in [0.15, 0.2) is 5.82 Å². The van der Waals surface area contributed by atoms with Crippen LogP contribution in [0.15, 0.2) is 4.52 Å². The fourth-order valence-corrected chi connectivity index (χ4v) is 1.70. The summed E-state index contributed by atoms with van der Waals surface area (Å²) < 4.78 is 5.13. The van der Waals surface area contributed by atoms with Crippen LogP contribution in [0.3, 0.4) is 0 Å². The Bertz CT molecular complexity index is 322. The minimum absolute atomic E-state index is 0.163. The Morgan fingerprint density at radius 1 is 1.50 bits per heavy atom. The molecule has 0 aromatic carbocycles. The van der Waals surface area contributed by atoms with E-state index in [2.05, 4.69) is 30.9 Å². The number of hydrogen-bond donors (Lipinski definition) is 2. The number of aliphatic hydroxyl groups is 1. The molecule has 0 aliphatic rings. The maximum atomic E-state index is 9.58. The van der Waals surface area contributed by atoms with Crippen molar-refractivity contribution >= 4 is 11.8 Å². The van der Waals surface area contributed by atoms with Gasteiger partial charge in [-0.3, -0.25) is 0 Å². The van der Waals surface area contributed by atoms with Crippen LogP contribution in [0.5, 0.6) is 0 Å². The second kappa shape index (κ2) is 5.65. The summed E-state index contributed by atoms with van der Waals surface area (Å²) in [6, 6.07) is 0. The molecule has 1 heterocycles. The van der Waals surface area contributed by atoms with Gasteiger partial charge in [0.1, 0.15) is 6.10 Å². The van der Waals surface area contributed by atoms with Crippen LogP contribution in [-0.4, -0.2) is 26.5 Å². The highest BCUT2D eigenvalue weighted by Crippen LogP contribution is 2.26. The maximum absolute atomic E-state index is 9.58. The zero-order chi connectivity index (χ0) is 12.2. The SMILES string of the molecule is CC(C)(C)SCc1noc([C@@H](O)CCN)n1. The lowest BCUT2D eigenvalue weighted by molar-refractivity contribution is 0.127. The fourth-order valence-electron chi connectivity index (χ4n) is 1.02. The first-order chi connectivity index (χ1) is 7.42. The lowest BCUT2D eigenvalue weighted by Crippen LogP contribution is -2.08. The van der Waals surface area contributed by atoms with Gasteiger partial charge in [0.25, 0.3) is 5.89 Å². The molecule has 6 heteroatoms. The minimum atomic E-state index is -0.745. The summed E-state index contributed by atoms with van der Waals surface area (Å²) in [6.45, 7) is 6.78. The molecule has 0 bridgehead atoms. The lowest BCUT2D eigenvalue weighted by Gasteiger charge is -2.15. The largest absolute Gasteiger partial charge is 0.383 e. The minimum Gasteiger partial charge on any atom is -0.383 e. The van der Waals surface area contributed by atoms with E-state index in [1.165, 1.54) is 0 Å². The molecule has 0 amide bonds. The highest BCUT2D eigenvalue weighted by molar-refractivity contribution is 7.99. The molecule has 0 saturated heterocycles. The van der Waals surface area contributed by atoms with Crippen molar-refractivity contribution in [3.8, 4) is 0 Å². The summed E-state index contributed by atoms with van der Waals surface area (Å²) in [5.41, 5.74) is 5.34. The topological polar surface area (TPSA) is 85.2 Å². The van der Waals surface area contributed by atoms with E-state index >= 15 is 0 Å². The Kier molecular flexibility index (Phi) is 4.76. The van der Waals surface area contributed by atoms with Crippen LogP contribution in [0, 0.1) is 0 Å². The molecule has 0 radical (unpaired) electrons. The van der Waals surface area contributed by atoms with Crippen LogP contribution in [0.4, 0.5) is 0 Å². The Hall–Kier alpha value is -0.590. The smallest absolute Gasteiger partial charge is 0.255 e. The van der Waals surface area contributed by atoms with Crippen molar-refractivity contribution in [2.24, 2.45) is 5.73 Å². The zero-order valence-corrected chi connectivity index (χ0v) is 10.8. The van der Waals surface area contributed by atoms with Gasteiger partial charge in [-0.1, -0.05) is 25.9 Å². The van der Waals surface area contributed by atoms with Crippen molar-refractivity contribution in [1.29, 1.82) is 0 Å². The average molecular weight is 245 g/mol. The molecular weight excluding hydrogens is 226 g/mol. The molecule has 0 spiro atoms. The molecule has 0 saturated carbocycles. The van der Waals surface area contributed by atoms with E-state index in [1.54, 1.807) is 11.8 Å². The molecular formula is C10H19N3O2S. The van der Waals surface area contributed by atoms with Crippen LogP contribution in [0.1, 0.15) is 45.0 Å². The monoisotopic (exact) mass is 245 g/mol. The molecule has 1 aromatic heterocycles. The number of aromatic nitrogens is 2. The third kappa shape index (κ3) is 4.51. The van der Waals surface area contributed by atoms with Gasteiger partial charge in [0, 0.05) is 4.75 Å². The van der Waals surface area contributed by atoms with Gasteiger partial charge >= 0.3 is 0 Å². The van der Waals surface area contributed by atoms with E-state index < -0.39 is 6.10 Å². The number of thioether (sulfide) groups is 1. The summed E-state index contributed by atoms with van der Waals surface area (Å²) in [6.07, 6.45) is -0.306. The molecule has 0 fully saturated rings. The molecule has 1 rings (SSSR count). The van der Waals surface area contributed by atoms with Gasteiger partial charge in [-0.05, 0) is 13.0 Å². The highest BCUT2D eigenvalue weighted by Gasteiger charge is 2.17. The van der Waals surface area contributed by atoms with Crippen LogP contribution in [0.25, 0.3) is 0 Å². The third-order valence-corrected chi connectivity index (χ3v) is 3.11. The molecule has 0 aliphatic carbocycles. The number of rotatable bonds is 5. The molecule has 92 valence electrons. The highest BCUT2D eigenvalue weighted by atomic mass is 32.2. The fraction of sp³-hybridized carbons (Fsp3) is 0.800. The van der Waals surface area contributed by atoms with E-state index in [4.69, 9.17) is 10.3 Å². The Labute approximate surface area is 99.8 Å². The van der Waals surface area contributed by atoms with Crippen LogP contribution in [-0.2, 0) is 5.75 Å². The van der Waals surface area contributed by atoms with Crippen molar-refractivity contribution in [3.63, 3.8) is 0 Å². The summed E-state index contributed by atoms with van der Waals surface area (Å²) >= 11 is 1.73. The average Bonchev–Trinajstić information content (AvgIpc) is 2.62. The Morgan fingerprint density at radius 2 is 2.19 bits per heavy atom. The first-order valence-corrected chi connectivity index (χ1v) is 6.25. The molecule has 0 aliphatic heterocycles. The van der Waals surface area contributed by atoms with Crippen LogP contribution < -0.4 is 5.73 Å². The van der Waals surface area contributed by atoms with E-state index in [0.717, 1.165) is 0 Å². The van der Waals surface area contributed by atoms with Crippen molar-refractivity contribution in [2.45, 2.75) is 43.8 Å². The molecule has 3 N–H and O–H groups in total. The van der Waals surface area contributed by atoms with E-state index in [-0.39, 0.29) is 10.6 Å². The Morgan fingerprint density at radius 3 is 2.75 bits per heavy atom. The van der Waals surface area contributed by atoms with Gasteiger partial charge in [0.05, 0.1) is 5.75 Å². The number of hydrogen-bond acceptors (Lipinski definition) is 6. The lowest BCUT2D eigenvalue weighted by atomic mass is 10.2. The predicted molar refractivity (Wildman–Crippen MR) is 64.0 cm³/mol. The van der Waals surface area contributed by atoms with Crippen molar-refractivity contribution in [2.75, 3.05) is 6.54 Å². The first-order valence-electron chi connectivity index (χ1n) is 5.27. The van der Waals surface area contributed by atoms with Crippen LogP contribution in [0.2, 0.25) is 0 Å². The molecule has 16 heavy (non-hydrogen) atoms. The normalized spacial score (nSPS) is 14.1. The second-order valence-electron chi connectivity index (χ2n) is 4.54. The van der Waals surface area contributed by atoms with Gasteiger partial charge in [-0.15, -0.1) is 11.8 Å². The molecule has 1 atom stereocenters. The van der Waals surface area contributed by atoms with E-state index in [0.29, 0.717) is 24.5 Å². The predicted octanol–water partition coefficient (Wildman–Crippen LogP) is 1.48. The molecule has 1 aromatic rings. The Balaban J connectivity index is 2.51. The van der Waals surface area contributed by atoms with Crippen molar-refractivity contribution in [1.82, 2.24) is 10.1 Å². The van der Waals surface area contributed by atoms with Crippen LogP contribution >= 0.6 is 11.8 Å². The molecule has 5 nitrogen and oxygen atoms in total. The summed E-state index contributed by atoms with van der Waals surface area (Å²) in [5, 5.41) is 13.4. The standard InChI is InChI=1S/C10H19N3O2S/c1-10(2,3)16-6-8-12-9(15-13-8)7(14)4-5-11/h7,14H,4-6,11H2,1-3H3/t7-/m0/s1. The zero-order valence-electron chi connectivity index (χ0n) is 9.93. The summed E-state index contributed by atoms with van der Waals surface area (Å²) in [7, 11) is 0. The van der Waals surface area contributed by atoms with E-state index in [9.17, 15) is 5.11 Å². The van der Waals surface area contributed by atoms with Crippen molar-refractivity contribution < 1.29 is 9.63 Å². The van der Waals surface area contributed by atoms with Gasteiger partial charge in [-0.25, -0.2) is 0 Å². The second-order valence-corrected chi connectivity index (χ2v) is 6.35. The van der Waals surface area contributed by atoms with Gasteiger partial charge < -0.3 is 15.4 Å². The first kappa shape index (κ1) is 13.5. The third-order valence-electron chi connectivity index (χ3n) is 1.84. The van der Waals surface area contributed by atoms with Gasteiger partial charge in [0.2, 0.25) is 0 Å². The quantitative estimate of drug-likeness (QED) is 0.817. The summed E-state index contributed by atoms with van der Waals surface area (Å²) in [5.74, 6) is 1.56. The maximum Gasteiger partial charge on any atom is 0.255 e. The van der Waals surface area contributed by atoms with Crippen molar-refractivity contribution in [3.05, 3.63) is 11.7 Å². The number of nitrogens with zero attached hydrogens (tertiary/aromatic N) is 2. The van der Waals surface area contributed by atoms with E-state index in [1.807, 2.05) is 0 Å². The number of aliphatic hydroxyl groups excluding tert-OH is 1.